The number of rotatable bonds is 7. The maximum atomic E-state index is 12.1. The van der Waals surface area contributed by atoms with Crippen molar-refractivity contribution in [3.8, 4) is 0 Å². The average Bonchev–Trinajstić information content (AvgIpc) is 3.19. The molecule has 0 bridgehead atoms. The van der Waals surface area contributed by atoms with E-state index >= 15 is 0 Å². The van der Waals surface area contributed by atoms with Crippen LogP contribution in [-0.2, 0) is 17.9 Å². The normalized spacial score (nSPS) is 19.9. The van der Waals surface area contributed by atoms with Crippen molar-refractivity contribution in [2.45, 2.75) is 33.4 Å². The molecule has 0 saturated carbocycles. The number of hydrogen-bond donors (Lipinski definition) is 2. The quantitative estimate of drug-likeness (QED) is 0.771. The zero-order valence-electron chi connectivity index (χ0n) is 16.6. The highest BCUT2D eigenvalue weighted by atomic mass is 16.3. The van der Waals surface area contributed by atoms with Crippen LogP contribution in [0, 0.1) is 11.8 Å². The van der Waals surface area contributed by atoms with Gasteiger partial charge in [-0.05, 0) is 35.4 Å². The number of carbonyl (C=O) groups is 2. The summed E-state index contributed by atoms with van der Waals surface area (Å²) in [5, 5.41) is 5.49. The molecule has 1 aromatic carbocycles. The third kappa shape index (κ3) is 5.70. The number of benzene rings is 1. The Labute approximate surface area is 166 Å². The first-order valence-corrected chi connectivity index (χ1v) is 9.87. The van der Waals surface area contributed by atoms with Crippen molar-refractivity contribution in [1.29, 1.82) is 0 Å². The maximum absolute atomic E-state index is 12.1. The van der Waals surface area contributed by atoms with E-state index in [0.717, 1.165) is 37.0 Å². The summed E-state index contributed by atoms with van der Waals surface area (Å²) in [6.07, 6.45) is 4.07. The summed E-state index contributed by atoms with van der Waals surface area (Å²) in [6.45, 7) is 8.15. The second-order valence-corrected chi connectivity index (χ2v) is 7.88. The molecule has 1 fully saturated rings. The summed E-state index contributed by atoms with van der Waals surface area (Å²) in [5.41, 5.74) is 2.76. The van der Waals surface area contributed by atoms with Gasteiger partial charge in [0.1, 0.15) is 6.26 Å². The largest absolute Gasteiger partial charge is 0.472 e. The lowest BCUT2D eigenvalue weighted by molar-refractivity contribution is -0.120. The zero-order valence-corrected chi connectivity index (χ0v) is 16.6. The molecule has 150 valence electrons. The summed E-state index contributed by atoms with van der Waals surface area (Å²) in [5.74, 6) is 0.897. The van der Waals surface area contributed by atoms with Crippen LogP contribution in [0.3, 0.4) is 0 Å². The van der Waals surface area contributed by atoms with E-state index in [2.05, 4.69) is 41.5 Å². The molecule has 2 N–H and O–H groups in total. The highest BCUT2D eigenvalue weighted by Crippen LogP contribution is 2.23. The molecule has 2 heterocycles. The van der Waals surface area contributed by atoms with Gasteiger partial charge in [0, 0.05) is 26.2 Å². The van der Waals surface area contributed by atoms with Crippen LogP contribution >= 0.6 is 0 Å². The molecular formula is C22H29N3O3. The molecule has 2 atom stereocenters. The highest BCUT2D eigenvalue weighted by molar-refractivity contribution is 5.96. The average molecular weight is 383 g/mol. The standard InChI is InChI=1S/C22H29N3O3/c1-16-9-17(2)13-25(12-16)14-19-6-4-3-5-18(19)10-23-21(26)11-24-22(27)20-7-8-28-15-20/h3-8,15-17H,9-14H2,1-2H3,(H,23,26)(H,24,27)/t16-,17+. The summed E-state index contributed by atoms with van der Waals surface area (Å²) < 4.78 is 4.87. The van der Waals surface area contributed by atoms with Gasteiger partial charge in [-0.2, -0.15) is 0 Å². The van der Waals surface area contributed by atoms with Gasteiger partial charge in [-0.1, -0.05) is 38.1 Å². The maximum Gasteiger partial charge on any atom is 0.254 e. The van der Waals surface area contributed by atoms with Crippen LogP contribution in [0.5, 0.6) is 0 Å². The van der Waals surface area contributed by atoms with Crippen LogP contribution in [0.15, 0.2) is 47.3 Å². The molecule has 0 unspecified atom stereocenters. The fourth-order valence-corrected chi connectivity index (χ4v) is 3.96. The van der Waals surface area contributed by atoms with Crippen LogP contribution in [0.2, 0.25) is 0 Å². The van der Waals surface area contributed by atoms with Crippen LogP contribution in [-0.4, -0.2) is 36.3 Å². The number of hydrogen-bond acceptors (Lipinski definition) is 4. The first-order chi connectivity index (χ1) is 13.5. The second-order valence-electron chi connectivity index (χ2n) is 7.88. The van der Waals surface area contributed by atoms with E-state index in [9.17, 15) is 9.59 Å². The van der Waals surface area contributed by atoms with Gasteiger partial charge in [0.2, 0.25) is 5.91 Å². The smallest absolute Gasteiger partial charge is 0.254 e. The van der Waals surface area contributed by atoms with E-state index in [1.54, 1.807) is 6.07 Å². The van der Waals surface area contributed by atoms with E-state index in [0.29, 0.717) is 12.1 Å². The molecular weight excluding hydrogens is 354 g/mol. The van der Waals surface area contributed by atoms with Gasteiger partial charge in [-0.25, -0.2) is 0 Å². The lowest BCUT2D eigenvalue weighted by Crippen LogP contribution is -2.38. The highest BCUT2D eigenvalue weighted by Gasteiger charge is 2.22. The molecule has 1 aliphatic heterocycles. The Kier molecular flexibility index (Phi) is 6.87. The van der Waals surface area contributed by atoms with Crippen molar-refractivity contribution in [3.05, 3.63) is 59.5 Å². The van der Waals surface area contributed by atoms with Crippen molar-refractivity contribution in [3.63, 3.8) is 0 Å². The number of piperidine rings is 1. The Morgan fingerprint density at radius 3 is 2.46 bits per heavy atom. The molecule has 6 heteroatoms. The predicted octanol–water partition coefficient (Wildman–Crippen LogP) is 2.80. The van der Waals surface area contributed by atoms with Gasteiger partial charge >= 0.3 is 0 Å². The number of amides is 2. The monoisotopic (exact) mass is 383 g/mol. The van der Waals surface area contributed by atoms with Crippen molar-refractivity contribution >= 4 is 11.8 Å². The first kappa shape index (κ1) is 20.1. The van der Waals surface area contributed by atoms with E-state index in [1.807, 2.05) is 12.1 Å². The number of nitrogens with zero attached hydrogens (tertiary/aromatic N) is 1. The fraction of sp³-hybridized carbons (Fsp3) is 0.455. The van der Waals surface area contributed by atoms with E-state index in [4.69, 9.17) is 4.42 Å². The molecule has 6 nitrogen and oxygen atoms in total. The third-order valence-corrected chi connectivity index (χ3v) is 5.13. The Balaban J connectivity index is 1.50. The van der Waals surface area contributed by atoms with Gasteiger partial charge < -0.3 is 15.1 Å². The first-order valence-electron chi connectivity index (χ1n) is 9.87. The fourth-order valence-electron chi connectivity index (χ4n) is 3.96. The topological polar surface area (TPSA) is 74.6 Å². The van der Waals surface area contributed by atoms with Crippen LogP contribution in [0.1, 0.15) is 41.8 Å². The molecule has 3 rings (SSSR count). The Hall–Kier alpha value is -2.60. The van der Waals surface area contributed by atoms with Gasteiger partial charge in [0.25, 0.3) is 5.91 Å². The summed E-state index contributed by atoms with van der Waals surface area (Å²) in [4.78, 5) is 26.5. The van der Waals surface area contributed by atoms with Crippen molar-refractivity contribution in [2.24, 2.45) is 11.8 Å². The third-order valence-electron chi connectivity index (χ3n) is 5.13. The Morgan fingerprint density at radius 1 is 1.07 bits per heavy atom. The predicted molar refractivity (Wildman–Crippen MR) is 108 cm³/mol. The summed E-state index contributed by atoms with van der Waals surface area (Å²) in [7, 11) is 0. The minimum Gasteiger partial charge on any atom is -0.472 e. The molecule has 1 aromatic heterocycles. The van der Waals surface area contributed by atoms with Crippen LogP contribution < -0.4 is 10.6 Å². The minimum atomic E-state index is -0.322. The van der Waals surface area contributed by atoms with Crippen LogP contribution in [0.25, 0.3) is 0 Å². The Bertz CT molecular complexity index is 778. The molecule has 0 aliphatic carbocycles. The van der Waals surface area contributed by atoms with E-state index in [1.165, 1.54) is 24.5 Å². The van der Waals surface area contributed by atoms with Crippen molar-refractivity contribution in [1.82, 2.24) is 15.5 Å². The molecule has 0 spiro atoms. The van der Waals surface area contributed by atoms with Crippen LogP contribution in [0.4, 0.5) is 0 Å². The molecule has 1 aliphatic rings. The molecule has 0 radical (unpaired) electrons. The van der Waals surface area contributed by atoms with Crippen molar-refractivity contribution < 1.29 is 14.0 Å². The lowest BCUT2D eigenvalue weighted by Gasteiger charge is -2.35. The van der Waals surface area contributed by atoms with E-state index < -0.39 is 0 Å². The van der Waals surface area contributed by atoms with Gasteiger partial charge in [-0.15, -0.1) is 0 Å². The van der Waals surface area contributed by atoms with E-state index in [-0.39, 0.29) is 18.4 Å². The number of furan rings is 1. The summed E-state index contributed by atoms with van der Waals surface area (Å²) in [6, 6.07) is 9.78. The number of nitrogens with one attached hydrogen (secondary N) is 2. The van der Waals surface area contributed by atoms with Crippen molar-refractivity contribution in [2.75, 3.05) is 19.6 Å². The zero-order chi connectivity index (χ0) is 19.9. The molecule has 2 amide bonds. The van der Waals surface area contributed by atoms with Gasteiger partial charge in [0.05, 0.1) is 18.4 Å². The lowest BCUT2D eigenvalue weighted by atomic mass is 9.91. The molecule has 1 saturated heterocycles. The second kappa shape index (κ2) is 9.55. The number of likely N-dealkylation sites (tertiary alicyclic amines) is 1. The molecule has 28 heavy (non-hydrogen) atoms. The summed E-state index contributed by atoms with van der Waals surface area (Å²) >= 11 is 0. The molecule has 2 aromatic rings. The SMILES string of the molecule is C[C@@H]1C[C@H](C)CN(Cc2ccccc2CNC(=O)CNC(=O)c2ccoc2)C1. The Morgan fingerprint density at radius 2 is 1.79 bits per heavy atom. The van der Waals surface area contributed by atoms with Gasteiger partial charge in [-0.3, -0.25) is 14.5 Å². The van der Waals surface area contributed by atoms with Gasteiger partial charge in [0.15, 0.2) is 0 Å². The number of carbonyl (C=O) groups excluding carboxylic acids is 2. The minimum absolute atomic E-state index is 0.0622.